The van der Waals surface area contributed by atoms with Crippen LogP contribution in [0.4, 0.5) is 16.0 Å². The van der Waals surface area contributed by atoms with Crippen molar-refractivity contribution in [3.8, 4) is 0 Å². The highest BCUT2D eigenvalue weighted by atomic mass is 19.1. The Bertz CT molecular complexity index is 819. The lowest BCUT2D eigenvalue weighted by atomic mass is 10.3. The summed E-state index contributed by atoms with van der Waals surface area (Å²) in [6.45, 7) is 2.34. The number of aliphatic hydroxyl groups excluding tert-OH is 1. The van der Waals surface area contributed by atoms with Crippen molar-refractivity contribution in [3.63, 3.8) is 0 Å². The Morgan fingerprint density at radius 2 is 2.04 bits per heavy atom. The molecule has 1 amide bonds. The van der Waals surface area contributed by atoms with E-state index < -0.39 is 17.6 Å². The quantitative estimate of drug-likeness (QED) is 0.819. The first-order valence-electron chi connectivity index (χ1n) is 7.44. The van der Waals surface area contributed by atoms with Gasteiger partial charge >= 0.3 is 0 Å². The van der Waals surface area contributed by atoms with Crippen LogP contribution < -0.4 is 15.8 Å². The van der Waals surface area contributed by atoms with Gasteiger partial charge in [0.25, 0.3) is 11.5 Å². The van der Waals surface area contributed by atoms with Crippen molar-refractivity contribution >= 4 is 17.5 Å². The number of aromatic nitrogens is 3. The van der Waals surface area contributed by atoms with Crippen LogP contribution in [-0.4, -0.2) is 45.0 Å². The van der Waals surface area contributed by atoms with E-state index in [0.717, 1.165) is 0 Å². The molecule has 0 saturated carbocycles. The van der Waals surface area contributed by atoms with Crippen LogP contribution in [0.5, 0.6) is 0 Å². The maximum absolute atomic E-state index is 13.0. The molecule has 2 N–H and O–H groups in total. The molecule has 1 aromatic heterocycles. The van der Waals surface area contributed by atoms with Gasteiger partial charge in [-0.15, -0.1) is 10.2 Å². The Kier molecular flexibility index (Phi) is 4.26. The van der Waals surface area contributed by atoms with E-state index in [1.807, 2.05) is 0 Å². The highest BCUT2D eigenvalue weighted by Gasteiger charge is 2.27. The first-order valence-corrected chi connectivity index (χ1v) is 7.44. The number of aliphatic hydroxyl groups is 1. The number of hydrogen-bond acceptors (Lipinski definition) is 6. The summed E-state index contributed by atoms with van der Waals surface area (Å²) < 4.78 is 14.4. The molecule has 1 atom stereocenters. The van der Waals surface area contributed by atoms with E-state index in [1.54, 1.807) is 17.0 Å². The van der Waals surface area contributed by atoms with Crippen LogP contribution in [-0.2, 0) is 6.54 Å². The van der Waals surface area contributed by atoms with Gasteiger partial charge in [-0.1, -0.05) is 0 Å². The minimum atomic E-state index is -0.729. The minimum absolute atomic E-state index is 0.0173. The summed E-state index contributed by atoms with van der Waals surface area (Å²) >= 11 is 0. The van der Waals surface area contributed by atoms with E-state index >= 15 is 0 Å². The third-order valence-electron chi connectivity index (χ3n) is 3.63. The normalized spacial score (nSPS) is 14.4. The van der Waals surface area contributed by atoms with Gasteiger partial charge in [-0.25, -0.2) is 4.39 Å². The molecular weight excluding hydrogens is 317 g/mol. The highest BCUT2D eigenvalue weighted by Crippen LogP contribution is 2.26. The van der Waals surface area contributed by atoms with Gasteiger partial charge < -0.3 is 15.3 Å². The number of nitrogens with one attached hydrogen (secondary N) is 1. The van der Waals surface area contributed by atoms with Gasteiger partial charge in [-0.3, -0.25) is 14.2 Å². The van der Waals surface area contributed by atoms with Gasteiger partial charge in [0.2, 0.25) is 11.6 Å². The summed E-state index contributed by atoms with van der Waals surface area (Å²) in [6.07, 6.45) is -0.729. The molecule has 126 valence electrons. The molecule has 0 spiro atoms. The molecule has 0 unspecified atom stereocenters. The summed E-state index contributed by atoms with van der Waals surface area (Å²) in [5.74, 6) is -0.728. The largest absolute Gasteiger partial charge is 0.392 e. The lowest BCUT2D eigenvalue weighted by molar-refractivity contribution is 0.0915. The molecule has 24 heavy (non-hydrogen) atoms. The van der Waals surface area contributed by atoms with Crippen LogP contribution in [0.25, 0.3) is 0 Å². The van der Waals surface area contributed by atoms with Crippen molar-refractivity contribution in [1.29, 1.82) is 0 Å². The van der Waals surface area contributed by atoms with E-state index in [2.05, 4.69) is 15.5 Å². The van der Waals surface area contributed by atoms with Crippen LogP contribution in [0.15, 0.2) is 29.1 Å². The van der Waals surface area contributed by atoms with Crippen molar-refractivity contribution in [3.05, 3.63) is 46.1 Å². The zero-order chi connectivity index (χ0) is 17.3. The molecule has 0 radical (unpaired) electrons. The molecule has 1 aliphatic rings. The second-order valence-electron chi connectivity index (χ2n) is 5.49. The molecule has 8 nitrogen and oxygen atoms in total. The zero-order valence-corrected chi connectivity index (χ0v) is 12.9. The zero-order valence-electron chi connectivity index (χ0n) is 12.9. The molecule has 0 fully saturated rings. The molecular formula is C15H16FN5O3. The lowest BCUT2D eigenvalue weighted by Gasteiger charge is -2.16. The molecule has 3 rings (SSSR count). The maximum Gasteiger partial charge on any atom is 0.286 e. The van der Waals surface area contributed by atoms with Crippen LogP contribution >= 0.6 is 0 Å². The molecule has 1 aromatic carbocycles. The summed E-state index contributed by atoms with van der Waals surface area (Å²) in [5.41, 5.74) is -0.185. The van der Waals surface area contributed by atoms with E-state index in [4.69, 9.17) is 0 Å². The Morgan fingerprint density at radius 3 is 2.71 bits per heavy atom. The smallest absolute Gasteiger partial charge is 0.286 e. The topological polar surface area (TPSA) is 100 Å². The standard InChI is InChI=1S/C15H16FN5O3/c1-9(22)8-17-13(23)12-14(24)21-7-6-20(15(21)19-18-12)11-4-2-10(16)3-5-11/h2-5,9,22H,6-8H2,1H3,(H,17,23)/t9-/m0/s1. The van der Waals surface area contributed by atoms with Crippen molar-refractivity contribution < 1.29 is 14.3 Å². The van der Waals surface area contributed by atoms with E-state index in [1.165, 1.54) is 23.6 Å². The lowest BCUT2D eigenvalue weighted by Crippen LogP contribution is -2.37. The Balaban J connectivity index is 1.89. The Hall–Kier alpha value is -2.81. The number of nitrogens with zero attached hydrogens (tertiary/aromatic N) is 4. The Labute approximate surface area is 136 Å². The number of halogens is 1. The Morgan fingerprint density at radius 1 is 1.33 bits per heavy atom. The van der Waals surface area contributed by atoms with Crippen molar-refractivity contribution in [2.75, 3.05) is 18.0 Å². The van der Waals surface area contributed by atoms with E-state index in [0.29, 0.717) is 24.7 Å². The fourth-order valence-corrected chi connectivity index (χ4v) is 2.44. The minimum Gasteiger partial charge on any atom is -0.392 e. The van der Waals surface area contributed by atoms with Crippen LogP contribution in [0, 0.1) is 5.82 Å². The second-order valence-corrected chi connectivity index (χ2v) is 5.49. The van der Waals surface area contributed by atoms with Crippen molar-refractivity contribution in [2.24, 2.45) is 0 Å². The summed E-state index contributed by atoms with van der Waals surface area (Å²) in [6, 6.07) is 5.81. The van der Waals surface area contributed by atoms with Gasteiger partial charge in [0.05, 0.1) is 6.10 Å². The fraction of sp³-hybridized carbons (Fsp3) is 0.333. The van der Waals surface area contributed by atoms with Crippen LogP contribution in [0.2, 0.25) is 0 Å². The number of anilines is 2. The number of carbonyl (C=O) groups excluding carboxylic acids is 1. The number of carbonyl (C=O) groups is 1. The number of hydrogen-bond donors (Lipinski definition) is 2. The molecule has 0 saturated heterocycles. The summed E-state index contributed by atoms with van der Waals surface area (Å²) in [4.78, 5) is 26.1. The first-order chi connectivity index (χ1) is 11.5. The fourth-order valence-electron chi connectivity index (χ4n) is 2.44. The molecule has 1 aliphatic heterocycles. The molecule has 0 aliphatic carbocycles. The average molecular weight is 333 g/mol. The molecule has 9 heteroatoms. The van der Waals surface area contributed by atoms with Crippen molar-refractivity contribution in [2.45, 2.75) is 19.6 Å². The third-order valence-corrected chi connectivity index (χ3v) is 3.63. The molecule has 2 aromatic rings. The predicted octanol–water partition coefficient (Wildman–Crippen LogP) is 0.0397. The number of fused-ring (bicyclic) bond motifs is 1. The van der Waals surface area contributed by atoms with E-state index in [9.17, 15) is 19.1 Å². The van der Waals surface area contributed by atoms with Gasteiger partial charge in [-0.2, -0.15) is 0 Å². The van der Waals surface area contributed by atoms with Crippen molar-refractivity contribution in [1.82, 2.24) is 20.1 Å². The number of rotatable bonds is 4. The van der Waals surface area contributed by atoms with Gasteiger partial charge in [0.1, 0.15) is 5.82 Å². The summed E-state index contributed by atoms with van der Waals surface area (Å²) in [7, 11) is 0. The van der Waals surface area contributed by atoms with Gasteiger partial charge in [0, 0.05) is 25.3 Å². The van der Waals surface area contributed by atoms with Crippen LogP contribution in [0.3, 0.4) is 0 Å². The SMILES string of the molecule is C[C@H](O)CNC(=O)c1nnc2n(c1=O)CCN2c1ccc(F)cc1. The summed E-state index contributed by atoms with van der Waals surface area (Å²) in [5, 5.41) is 19.3. The number of amides is 1. The predicted molar refractivity (Wildman–Crippen MR) is 83.7 cm³/mol. The maximum atomic E-state index is 13.0. The van der Waals surface area contributed by atoms with Gasteiger partial charge in [0.15, 0.2) is 0 Å². The molecule has 2 heterocycles. The first kappa shape index (κ1) is 16.1. The molecule has 0 bridgehead atoms. The monoisotopic (exact) mass is 333 g/mol. The van der Waals surface area contributed by atoms with Crippen LogP contribution in [0.1, 0.15) is 17.4 Å². The highest BCUT2D eigenvalue weighted by molar-refractivity contribution is 5.91. The number of benzene rings is 1. The third kappa shape index (κ3) is 2.98. The van der Waals surface area contributed by atoms with E-state index in [-0.39, 0.29) is 18.1 Å². The average Bonchev–Trinajstić information content (AvgIpc) is 2.98. The second kappa shape index (κ2) is 6.36. The van der Waals surface area contributed by atoms with Gasteiger partial charge in [-0.05, 0) is 31.2 Å².